The van der Waals surface area contributed by atoms with Crippen molar-refractivity contribution >= 4 is 23.0 Å². The normalized spacial score (nSPS) is 11.1. The van der Waals surface area contributed by atoms with Gasteiger partial charge >= 0.3 is 0 Å². The van der Waals surface area contributed by atoms with E-state index >= 15 is 0 Å². The SMILES string of the molecule is COCc1cc(C)n(CC(=O)N/N=C/c2cn(CCOc3ccccc3)c3ccccc23)c(=O)c1C#N. The molecule has 4 aromatic rings. The van der Waals surface area contributed by atoms with Crippen LogP contribution < -0.4 is 15.7 Å². The molecular formula is C28H27N5O4. The molecule has 9 nitrogen and oxygen atoms in total. The molecular weight excluding hydrogens is 470 g/mol. The van der Waals surface area contributed by atoms with Gasteiger partial charge in [-0.3, -0.25) is 9.59 Å². The Morgan fingerprint density at radius 2 is 1.92 bits per heavy atom. The highest BCUT2D eigenvalue weighted by Gasteiger charge is 2.15. The molecule has 0 spiro atoms. The molecule has 0 aliphatic carbocycles. The summed E-state index contributed by atoms with van der Waals surface area (Å²) < 4.78 is 14.2. The summed E-state index contributed by atoms with van der Waals surface area (Å²) in [5.41, 5.74) is 4.81. The van der Waals surface area contributed by atoms with Crippen molar-refractivity contribution in [3.8, 4) is 11.8 Å². The van der Waals surface area contributed by atoms with Crippen molar-refractivity contribution in [3.05, 3.63) is 99.6 Å². The van der Waals surface area contributed by atoms with E-state index in [4.69, 9.17) is 9.47 Å². The van der Waals surface area contributed by atoms with Gasteiger partial charge in [0.25, 0.3) is 11.5 Å². The fraction of sp³-hybridized carbons (Fsp3) is 0.214. The van der Waals surface area contributed by atoms with Crippen molar-refractivity contribution in [1.82, 2.24) is 14.6 Å². The molecule has 0 unspecified atom stereocenters. The molecule has 9 heteroatoms. The van der Waals surface area contributed by atoms with E-state index in [1.165, 1.54) is 11.7 Å². The van der Waals surface area contributed by atoms with E-state index < -0.39 is 11.5 Å². The van der Waals surface area contributed by atoms with Crippen LogP contribution in [0, 0.1) is 18.3 Å². The van der Waals surface area contributed by atoms with E-state index in [1.54, 1.807) is 19.2 Å². The van der Waals surface area contributed by atoms with Gasteiger partial charge in [-0.15, -0.1) is 0 Å². The topological polar surface area (TPSA) is 111 Å². The van der Waals surface area contributed by atoms with Crippen molar-refractivity contribution in [1.29, 1.82) is 5.26 Å². The Hall–Kier alpha value is -4.68. The van der Waals surface area contributed by atoms with Crippen LogP contribution in [-0.2, 0) is 29.2 Å². The number of nitrogens with one attached hydrogen (secondary N) is 1. The van der Waals surface area contributed by atoms with Crippen molar-refractivity contribution in [2.75, 3.05) is 13.7 Å². The lowest BCUT2D eigenvalue weighted by atomic mass is 10.1. The number of fused-ring (bicyclic) bond motifs is 1. The third-order valence-corrected chi connectivity index (χ3v) is 5.86. The molecule has 0 aliphatic rings. The van der Waals surface area contributed by atoms with Crippen molar-refractivity contribution in [2.45, 2.75) is 26.6 Å². The number of para-hydroxylation sites is 2. The average molecular weight is 498 g/mol. The Morgan fingerprint density at radius 3 is 2.68 bits per heavy atom. The molecule has 1 N–H and O–H groups in total. The Labute approximate surface area is 214 Å². The van der Waals surface area contributed by atoms with Gasteiger partial charge in [0.05, 0.1) is 19.4 Å². The molecule has 2 aromatic carbocycles. The molecule has 1 amide bonds. The number of aryl methyl sites for hydroxylation is 1. The molecule has 2 heterocycles. The number of hydrazone groups is 1. The van der Waals surface area contributed by atoms with E-state index in [0.29, 0.717) is 24.4 Å². The maximum absolute atomic E-state index is 12.7. The summed E-state index contributed by atoms with van der Waals surface area (Å²) in [6, 6.07) is 21.1. The summed E-state index contributed by atoms with van der Waals surface area (Å²) in [5, 5.41) is 14.5. The lowest BCUT2D eigenvalue weighted by molar-refractivity contribution is -0.121. The van der Waals surface area contributed by atoms with Crippen LogP contribution in [-0.4, -0.2) is 35.0 Å². The molecule has 0 atom stereocenters. The van der Waals surface area contributed by atoms with Gasteiger partial charge in [-0.05, 0) is 31.2 Å². The molecule has 0 saturated carbocycles. The second-order valence-corrected chi connectivity index (χ2v) is 8.37. The number of hydrogen-bond donors (Lipinski definition) is 1. The molecule has 37 heavy (non-hydrogen) atoms. The number of nitrogens with zero attached hydrogens (tertiary/aromatic N) is 4. The Morgan fingerprint density at radius 1 is 1.16 bits per heavy atom. The third kappa shape index (κ3) is 5.94. The van der Waals surface area contributed by atoms with Crippen molar-refractivity contribution in [2.24, 2.45) is 5.10 Å². The number of carbonyl (C=O) groups excluding carboxylic acids is 1. The van der Waals surface area contributed by atoms with Gasteiger partial charge in [0.1, 0.15) is 30.5 Å². The monoisotopic (exact) mass is 497 g/mol. The van der Waals surface area contributed by atoms with Crippen LogP contribution in [0.1, 0.15) is 22.4 Å². The number of pyridine rings is 1. The summed E-state index contributed by atoms with van der Waals surface area (Å²) in [5.74, 6) is 0.331. The Balaban J connectivity index is 1.45. The largest absolute Gasteiger partial charge is 0.492 e. The summed E-state index contributed by atoms with van der Waals surface area (Å²) in [7, 11) is 1.49. The smallest absolute Gasteiger partial charge is 0.269 e. The Kier molecular flexibility index (Phi) is 8.13. The molecule has 0 radical (unpaired) electrons. The number of amides is 1. The fourth-order valence-electron chi connectivity index (χ4n) is 4.11. The second kappa shape index (κ2) is 11.8. The van der Waals surface area contributed by atoms with E-state index in [1.807, 2.05) is 66.9 Å². The minimum Gasteiger partial charge on any atom is -0.492 e. The average Bonchev–Trinajstić information content (AvgIpc) is 3.25. The number of methoxy groups -OCH3 is 1. The maximum atomic E-state index is 12.7. The van der Waals surface area contributed by atoms with Gasteiger partial charge in [-0.2, -0.15) is 10.4 Å². The minimum atomic E-state index is -0.533. The zero-order valence-corrected chi connectivity index (χ0v) is 20.7. The summed E-state index contributed by atoms with van der Waals surface area (Å²) in [6.45, 7) is 2.72. The van der Waals surface area contributed by atoms with Gasteiger partial charge in [0.2, 0.25) is 0 Å². The van der Waals surface area contributed by atoms with Crippen LogP contribution in [0.2, 0.25) is 0 Å². The predicted octanol–water partition coefficient (Wildman–Crippen LogP) is 3.36. The van der Waals surface area contributed by atoms with E-state index in [-0.39, 0.29) is 18.7 Å². The quantitative estimate of drug-likeness (QED) is 0.267. The first-order chi connectivity index (χ1) is 18.0. The molecule has 0 fully saturated rings. The fourth-order valence-corrected chi connectivity index (χ4v) is 4.11. The molecule has 2 aromatic heterocycles. The first-order valence-electron chi connectivity index (χ1n) is 11.7. The number of benzene rings is 2. The predicted molar refractivity (Wildman–Crippen MR) is 140 cm³/mol. The molecule has 0 saturated heterocycles. The zero-order chi connectivity index (χ0) is 26.2. The number of hydrogen-bond acceptors (Lipinski definition) is 6. The minimum absolute atomic E-state index is 0.0344. The van der Waals surface area contributed by atoms with Crippen LogP contribution in [0.3, 0.4) is 0 Å². The highest BCUT2D eigenvalue weighted by molar-refractivity contribution is 5.99. The lowest BCUT2D eigenvalue weighted by Crippen LogP contribution is -2.33. The van der Waals surface area contributed by atoms with Crippen molar-refractivity contribution < 1.29 is 14.3 Å². The number of rotatable bonds is 10. The maximum Gasteiger partial charge on any atom is 0.269 e. The molecule has 4 rings (SSSR count). The van der Waals surface area contributed by atoms with Crippen molar-refractivity contribution in [3.63, 3.8) is 0 Å². The van der Waals surface area contributed by atoms with Crippen LogP contribution in [0.5, 0.6) is 5.75 Å². The van der Waals surface area contributed by atoms with Gasteiger partial charge in [0.15, 0.2) is 0 Å². The number of carbonyl (C=O) groups is 1. The zero-order valence-electron chi connectivity index (χ0n) is 20.7. The summed E-state index contributed by atoms with van der Waals surface area (Å²) >= 11 is 0. The van der Waals surface area contributed by atoms with E-state index in [9.17, 15) is 14.9 Å². The number of ether oxygens (including phenoxy) is 2. The highest BCUT2D eigenvalue weighted by Crippen LogP contribution is 2.20. The van der Waals surface area contributed by atoms with Crippen LogP contribution >= 0.6 is 0 Å². The second-order valence-electron chi connectivity index (χ2n) is 8.37. The van der Waals surface area contributed by atoms with E-state index in [2.05, 4.69) is 15.1 Å². The molecule has 188 valence electrons. The number of nitriles is 1. The number of aromatic nitrogens is 2. The van der Waals surface area contributed by atoms with Crippen LogP contribution in [0.15, 0.2) is 76.8 Å². The van der Waals surface area contributed by atoms with Crippen LogP contribution in [0.25, 0.3) is 10.9 Å². The third-order valence-electron chi connectivity index (χ3n) is 5.86. The van der Waals surface area contributed by atoms with Gasteiger partial charge in [-0.25, -0.2) is 5.43 Å². The first-order valence-corrected chi connectivity index (χ1v) is 11.7. The van der Waals surface area contributed by atoms with Crippen LogP contribution in [0.4, 0.5) is 0 Å². The standard InChI is InChI=1S/C28H27N5O4/c1-20-14-21(19-36-2)25(15-29)28(35)33(20)18-27(34)31-30-16-22-17-32(26-11-7-6-10-24(22)26)12-13-37-23-8-4-3-5-9-23/h3-11,14,16-17H,12-13,18-19H2,1-2H3,(H,31,34)/b30-16+. The summed E-state index contributed by atoms with van der Waals surface area (Å²) in [6.07, 6.45) is 3.53. The highest BCUT2D eigenvalue weighted by atomic mass is 16.5. The van der Waals surface area contributed by atoms with Gasteiger partial charge in [0, 0.05) is 41.0 Å². The Bertz CT molecular complexity index is 1530. The molecule has 0 bridgehead atoms. The van der Waals surface area contributed by atoms with Gasteiger partial charge < -0.3 is 18.6 Å². The molecule has 0 aliphatic heterocycles. The van der Waals surface area contributed by atoms with E-state index in [0.717, 1.165) is 22.2 Å². The lowest BCUT2D eigenvalue weighted by Gasteiger charge is -2.12. The summed E-state index contributed by atoms with van der Waals surface area (Å²) in [4.78, 5) is 25.3. The van der Waals surface area contributed by atoms with Gasteiger partial charge in [-0.1, -0.05) is 36.4 Å². The first kappa shape index (κ1) is 25.4.